The van der Waals surface area contributed by atoms with Crippen LogP contribution < -0.4 is 10.3 Å². The molecule has 0 spiro atoms. The van der Waals surface area contributed by atoms with E-state index in [1.807, 2.05) is 30.3 Å². The number of ketones is 1. The van der Waals surface area contributed by atoms with Crippen LogP contribution in [0.25, 0.3) is 10.9 Å². The van der Waals surface area contributed by atoms with Gasteiger partial charge in [-0.3, -0.25) is 9.59 Å². The van der Waals surface area contributed by atoms with E-state index in [9.17, 15) is 19.9 Å². The molecule has 1 atom stereocenters. The molecule has 0 saturated carbocycles. The number of aromatic hydroxyl groups is 1. The molecule has 0 bridgehead atoms. The average Bonchev–Trinajstić information content (AvgIpc) is 2.78. The van der Waals surface area contributed by atoms with Crippen molar-refractivity contribution < 1.29 is 14.6 Å². The van der Waals surface area contributed by atoms with Crippen LogP contribution in [0.3, 0.4) is 0 Å². The molecular weight excluding hydrogens is 380 g/mol. The maximum atomic E-state index is 13.2. The van der Waals surface area contributed by atoms with Crippen LogP contribution in [0.15, 0.2) is 83.8 Å². The van der Waals surface area contributed by atoms with Gasteiger partial charge in [0.2, 0.25) is 5.78 Å². The zero-order chi connectivity index (χ0) is 21.3. The van der Waals surface area contributed by atoms with Gasteiger partial charge in [-0.25, -0.2) is 0 Å². The second-order valence-electron chi connectivity index (χ2n) is 7.15. The topological polar surface area (TPSA) is 86.2 Å². The van der Waals surface area contributed by atoms with Crippen molar-refractivity contribution in [2.75, 3.05) is 0 Å². The summed E-state index contributed by atoms with van der Waals surface area (Å²) in [5, 5.41) is 23.6. The lowest BCUT2D eigenvalue weighted by atomic mass is 9.85. The van der Waals surface area contributed by atoms with Gasteiger partial charge in [0.15, 0.2) is 6.20 Å². The number of aromatic nitrogens is 2. The summed E-state index contributed by atoms with van der Waals surface area (Å²) in [7, 11) is 1.64. The Morgan fingerprint density at radius 2 is 1.70 bits per heavy atom. The molecule has 0 amide bonds. The van der Waals surface area contributed by atoms with E-state index in [1.54, 1.807) is 43.4 Å². The number of carbonyl (C=O) groups excluding carboxylic acids is 1. The SMILES string of the molecule is Cn1c(=O)c([C@H](CC(=O)c2cccc[n+]2[O-])c2ccccc2)c(O)c2ccccc21. The van der Waals surface area contributed by atoms with Crippen molar-refractivity contribution in [1.29, 1.82) is 0 Å². The zero-order valence-electron chi connectivity index (χ0n) is 16.4. The van der Waals surface area contributed by atoms with E-state index in [4.69, 9.17) is 0 Å². The summed E-state index contributed by atoms with van der Waals surface area (Å²) in [6.45, 7) is 0. The van der Waals surface area contributed by atoms with Gasteiger partial charge in [-0.1, -0.05) is 42.5 Å². The van der Waals surface area contributed by atoms with Crippen molar-refractivity contribution in [3.05, 3.63) is 111 Å². The summed E-state index contributed by atoms with van der Waals surface area (Å²) < 4.78 is 1.99. The van der Waals surface area contributed by atoms with Crippen molar-refractivity contribution in [3.63, 3.8) is 0 Å². The monoisotopic (exact) mass is 400 g/mol. The van der Waals surface area contributed by atoms with Gasteiger partial charge in [0, 0.05) is 36.9 Å². The number of aryl methyl sites for hydroxylation is 1. The number of hydrogen-bond acceptors (Lipinski definition) is 4. The van der Waals surface area contributed by atoms with Crippen LogP contribution in [0, 0.1) is 5.21 Å². The van der Waals surface area contributed by atoms with Crippen LogP contribution in [0.2, 0.25) is 0 Å². The highest BCUT2D eigenvalue weighted by atomic mass is 16.5. The third-order valence-corrected chi connectivity index (χ3v) is 5.36. The lowest BCUT2D eigenvalue weighted by Crippen LogP contribution is -2.34. The Bertz CT molecular complexity index is 1300. The highest BCUT2D eigenvalue weighted by Crippen LogP contribution is 2.36. The molecule has 1 N–H and O–H groups in total. The first-order chi connectivity index (χ1) is 14.5. The predicted octanol–water partition coefficient (Wildman–Crippen LogP) is 3.28. The minimum atomic E-state index is -0.706. The highest BCUT2D eigenvalue weighted by Gasteiger charge is 2.29. The lowest BCUT2D eigenvalue weighted by Gasteiger charge is -2.20. The van der Waals surface area contributed by atoms with E-state index in [-0.39, 0.29) is 29.0 Å². The average molecular weight is 400 g/mol. The van der Waals surface area contributed by atoms with E-state index < -0.39 is 11.7 Å². The Kier molecular flexibility index (Phi) is 5.06. The molecule has 6 heteroatoms. The molecule has 150 valence electrons. The first-order valence-corrected chi connectivity index (χ1v) is 9.56. The Morgan fingerprint density at radius 1 is 1.03 bits per heavy atom. The minimum absolute atomic E-state index is 0.00414. The molecule has 2 aromatic carbocycles. The Balaban J connectivity index is 1.91. The quantitative estimate of drug-likeness (QED) is 0.316. The van der Waals surface area contributed by atoms with Crippen LogP contribution in [0.5, 0.6) is 5.75 Å². The Morgan fingerprint density at radius 3 is 2.43 bits per heavy atom. The van der Waals surface area contributed by atoms with Crippen molar-refractivity contribution >= 4 is 16.7 Å². The van der Waals surface area contributed by atoms with Crippen LogP contribution in [-0.2, 0) is 7.05 Å². The van der Waals surface area contributed by atoms with Crippen LogP contribution in [0.4, 0.5) is 0 Å². The summed E-state index contributed by atoms with van der Waals surface area (Å²) in [5.41, 5.74) is 1.07. The number of nitrogens with zero attached hydrogens (tertiary/aromatic N) is 2. The summed E-state index contributed by atoms with van der Waals surface area (Å²) in [4.78, 5) is 26.2. The molecule has 0 aliphatic heterocycles. The first-order valence-electron chi connectivity index (χ1n) is 9.56. The second kappa shape index (κ2) is 7.83. The van der Waals surface area contributed by atoms with Gasteiger partial charge in [-0.2, -0.15) is 4.73 Å². The number of para-hydroxylation sites is 1. The largest absolute Gasteiger partial charge is 0.618 e. The number of Topliss-reactive ketones (excluding diaryl/α,β-unsaturated/α-hetero) is 1. The molecule has 0 radical (unpaired) electrons. The van der Waals surface area contributed by atoms with Crippen molar-refractivity contribution in [2.45, 2.75) is 12.3 Å². The normalized spacial score (nSPS) is 12.0. The van der Waals surface area contributed by atoms with Crippen LogP contribution in [-0.4, -0.2) is 15.5 Å². The van der Waals surface area contributed by atoms with Gasteiger partial charge < -0.3 is 14.9 Å². The maximum absolute atomic E-state index is 13.2. The minimum Gasteiger partial charge on any atom is -0.618 e. The molecule has 2 heterocycles. The molecule has 4 aromatic rings. The number of fused-ring (bicyclic) bond motifs is 1. The standard InChI is InChI=1S/C24H20N2O4/c1-25-19-12-6-5-11-17(19)23(28)22(24(25)29)18(16-9-3-2-4-10-16)15-21(27)20-13-7-8-14-26(20)30/h2-14,18,28H,15H2,1H3/t18-/m1/s1. The molecule has 0 fully saturated rings. The summed E-state index contributed by atoms with van der Waals surface area (Å²) in [6, 6.07) is 20.8. The molecule has 0 unspecified atom stereocenters. The third kappa shape index (κ3) is 3.33. The van der Waals surface area contributed by atoms with Gasteiger partial charge in [0.25, 0.3) is 11.3 Å². The lowest BCUT2D eigenvalue weighted by molar-refractivity contribution is -0.607. The number of hydrogen-bond donors (Lipinski definition) is 1. The third-order valence-electron chi connectivity index (χ3n) is 5.36. The first kappa shape index (κ1) is 19.4. The Labute approximate surface area is 172 Å². The fourth-order valence-corrected chi connectivity index (χ4v) is 3.82. The van der Waals surface area contributed by atoms with E-state index in [0.29, 0.717) is 21.2 Å². The van der Waals surface area contributed by atoms with E-state index in [0.717, 1.165) is 0 Å². The number of benzene rings is 2. The van der Waals surface area contributed by atoms with Gasteiger partial charge in [0.05, 0.1) is 11.1 Å². The smallest absolute Gasteiger partial charge is 0.259 e. The molecule has 6 nitrogen and oxygen atoms in total. The second-order valence-corrected chi connectivity index (χ2v) is 7.15. The van der Waals surface area contributed by atoms with Gasteiger partial charge in [0.1, 0.15) is 5.75 Å². The van der Waals surface area contributed by atoms with Gasteiger partial charge in [-0.05, 0) is 23.8 Å². The fraction of sp³-hybridized carbons (Fsp3) is 0.125. The fourth-order valence-electron chi connectivity index (χ4n) is 3.82. The molecule has 4 rings (SSSR count). The molecule has 0 saturated heterocycles. The highest BCUT2D eigenvalue weighted by molar-refractivity contribution is 5.94. The number of carbonyl (C=O) groups is 1. The summed E-state index contributed by atoms with van der Waals surface area (Å²) in [5.74, 6) is -1.25. The summed E-state index contributed by atoms with van der Waals surface area (Å²) >= 11 is 0. The Hall–Kier alpha value is -3.93. The molecular formula is C24H20N2O4. The summed E-state index contributed by atoms with van der Waals surface area (Å²) in [6.07, 6.45) is 1.13. The number of rotatable bonds is 5. The zero-order valence-corrected chi connectivity index (χ0v) is 16.4. The van der Waals surface area contributed by atoms with E-state index >= 15 is 0 Å². The van der Waals surface area contributed by atoms with Gasteiger partial charge >= 0.3 is 0 Å². The predicted molar refractivity (Wildman–Crippen MR) is 113 cm³/mol. The van der Waals surface area contributed by atoms with Crippen molar-refractivity contribution in [1.82, 2.24) is 4.57 Å². The van der Waals surface area contributed by atoms with E-state index in [2.05, 4.69) is 0 Å². The molecule has 0 aliphatic carbocycles. The number of pyridine rings is 2. The van der Waals surface area contributed by atoms with Crippen molar-refractivity contribution in [3.8, 4) is 5.75 Å². The van der Waals surface area contributed by atoms with E-state index in [1.165, 1.54) is 16.8 Å². The molecule has 0 aliphatic rings. The molecule has 30 heavy (non-hydrogen) atoms. The van der Waals surface area contributed by atoms with Crippen molar-refractivity contribution in [2.24, 2.45) is 7.05 Å². The van der Waals surface area contributed by atoms with Crippen LogP contribution >= 0.6 is 0 Å². The molecule has 2 aromatic heterocycles. The van der Waals surface area contributed by atoms with Crippen LogP contribution in [0.1, 0.15) is 34.0 Å². The maximum Gasteiger partial charge on any atom is 0.259 e. The van der Waals surface area contributed by atoms with Gasteiger partial charge in [-0.15, -0.1) is 0 Å².